The minimum atomic E-state index is -1.54. The second-order valence-electron chi connectivity index (χ2n) is 4.50. The number of rotatable bonds is 6. The first-order valence-corrected chi connectivity index (χ1v) is 6.62. The average molecular weight is 309 g/mol. The van der Waals surface area contributed by atoms with Crippen molar-refractivity contribution in [2.45, 2.75) is 13.0 Å². The molecule has 2 aromatic rings. The molecular formula is C15H14F3N3O. The van der Waals surface area contributed by atoms with E-state index in [9.17, 15) is 18.0 Å². The molecule has 1 amide bonds. The molecule has 2 rings (SSSR count). The highest BCUT2D eigenvalue weighted by molar-refractivity contribution is 5.76. The topological polar surface area (TPSA) is 54.0 Å². The molecule has 0 aliphatic carbocycles. The molecule has 22 heavy (non-hydrogen) atoms. The van der Waals surface area contributed by atoms with Gasteiger partial charge in [0.15, 0.2) is 17.5 Å². The molecule has 7 heteroatoms. The first-order chi connectivity index (χ1) is 10.6. The molecule has 0 atom stereocenters. The Balaban J connectivity index is 1.77. The van der Waals surface area contributed by atoms with Crippen molar-refractivity contribution < 1.29 is 18.0 Å². The van der Waals surface area contributed by atoms with Crippen LogP contribution in [0.3, 0.4) is 0 Å². The molecule has 116 valence electrons. The van der Waals surface area contributed by atoms with E-state index in [4.69, 9.17) is 0 Å². The quantitative estimate of drug-likeness (QED) is 0.807. The molecule has 0 radical (unpaired) electrons. The van der Waals surface area contributed by atoms with Gasteiger partial charge in [-0.3, -0.25) is 9.78 Å². The van der Waals surface area contributed by atoms with E-state index in [2.05, 4.69) is 15.6 Å². The maximum atomic E-state index is 13.4. The Bertz CT molecular complexity index is 650. The SMILES string of the molecule is O=C(CCNc1ccc(F)c(F)c1F)NCc1ccccn1. The lowest BCUT2D eigenvalue weighted by Crippen LogP contribution is -2.25. The Morgan fingerprint density at radius 2 is 1.91 bits per heavy atom. The van der Waals surface area contributed by atoms with E-state index in [1.165, 1.54) is 0 Å². The first-order valence-electron chi connectivity index (χ1n) is 6.62. The Morgan fingerprint density at radius 1 is 1.09 bits per heavy atom. The number of hydrogen-bond donors (Lipinski definition) is 2. The normalized spacial score (nSPS) is 10.3. The van der Waals surface area contributed by atoms with Crippen LogP contribution in [-0.2, 0) is 11.3 Å². The summed E-state index contributed by atoms with van der Waals surface area (Å²) in [5, 5.41) is 5.20. The van der Waals surface area contributed by atoms with E-state index in [1.807, 2.05) is 6.07 Å². The predicted molar refractivity (Wildman–Crippen MR) is 75.5 cm³/mol. The van der Waals surface area contributed by atoms with Crippen molar-refractivity contribution in [1.82, 2.24) is 10.3 Å². The monoisotopic (exact) mass is 309 g/mol. The molecule has 2 N–H and O–H groups in total. The Hall–Kier alpha value is -2.57. The van der Waals surface area contributed by atoms with Crippen LogP contribution in [0.15, 0.2) is 36.5 Å². The van der Waals surface area contributed by atoms with E-state index in [1.54, 1.807) is 18.3 Å². The molecule has 0 aliphatic heterocycles. The zero-order valence-electron chi connectivity index (χ0n) is 11.6. The number of halogens is 3. The largest absolute Gasteiger partial charge is 0.382 e. The molecule has 1 heterocycles. The highest BCUT2D eigenvalue weighted by Crippen LogP contribution is 2.19. The lowest BCUT2D eigenvalue weighted by Gasteiger charge is -2.09. The average Bonchev–Trinajstić information content (AvgIpc) is 2.54. The van der Waals surface area contributed by atoms with Crippen LogP contribution in [0.25, 0.3) is 0 Å². The summed E-state index contributed by atoms with van der Waals surface area (Å²) in [5.74, 6) is -4.35. The fraction of sp³-hybridized carbons (Fsp3) is 0.200. The lowest BCUT2D eigenvalue weighted by atomic mass is 10.2. The van der Waals surface area contributed by atoms with Crippen LogP contribution < -0.4 is 10.6 Å². The second-order valence-corrected chi connectivity index (χ2v) is 4.50. The van der Waals surface area contributed by atoms with E-state index < -0.39 is 17.5 Å². The number of benzene rings is 1. The van der Waals surface area contributed by atoms with Gasteiger partial charge in [-0.05, 0) is 24.3 Å². The Kier molecular flexibility index (Phi) is 5.35. The predicted octanol–water partition coefficient (Wildman–Crippen LogP) is 2.62. The maximum absolute atomic E-state index is 13.4. The van der Waals surface area contributed by atoms with Crippen LogP contribution in [0.4, 0.5) is 18.9 Å². The molecule has 0 fully saturated rings. The summed E-state index contributed by atoms with van der Waals surface area (Å²) in [6.45, 7) is 0.384. The van der Waals surface area contributed by atoms with Gasteiger partial charge in [0.05, 0.1) is 17.9 Å². The molecule has 0 saturated heterocycles. The fourth-order valence-electron chi connectivity index (χ4n) is 1.75. The van der Waals surface area contributed by atoms with Crippen LogP contribution in [0.2, 0.25) is 0 Å². The molecule has 1 aromatic heterocycles. The third-order valence-corrected chi connectivity index (χ3v) is 2.90. The fourth-order valence-corrected chi connectivity index (χ4v) is 1.75. The summed E-state index contributed by atoms with van der Waals surface area (Å²) in [6.07, 6.45) is 1.68. The summed E-state index contributed by atoms with van der Waals surface area (Å²) in [7, 11) is 0. The number of pyridine rings is 1. The van der Waals surface area contributed by atoms with Gasteiger partial charge in [-0.25, -0.2) is 13.2 Å². The third-order valence-electron chi connectivity index (χ3n) is 2.90. The number of amides is 1. The van der Waals surface area contributed by atoms with Crippen molar-refractivity contribution in [2.75, 3.05) is 11.9 Å². The van der Waals surface area contributed by atoms with Crippen molar-refractivity contribution in [3.05, 3.63) is 59.7 Å². The molecule has 0 bridgehead atoms. The highest BCUT2D eigenvalue weighted by Gasteiger charge is 2.13. The number of nitrogens with one attached hydrogen (secondary N) is 2. The van der Waals surface area contributed by atoms with Crippen LogP contribution in [0.5, 0.6) is 0 Å². The van der Waals surface area contributed by atoms with Gasteiger partial charge in [-0.1, -0.05) is 6.07 Å². The third kappa shape index (κ3) is 4.21. The van der Waals surface area contributed by atoms with Crippen molar-refractivity contribution in [3.8, 4) is 0 Å². The Morgan fingerprint density at radius 3 is 2.64 bits per heavy atom. The van der Waals surface area contributed by atoms with E-state index >= 15 is 0 Å². The number of hydrogen-bond acceptors (Lipinski definition) is 3. The summed E-state index contributed by atoms with van der Waals surface area (Å²) in [6, 6.07) is 7.25. The van der Waals surface area contributed by atoms with Crippen molar-refractivity contribution in [1.29, 1.82) is 0 Å². The molecule has 0 spiro atoms. The van der Waals surface area contributed by atoms with E-state index in [0.29, 0.717) is 6.54 Å². The summed E-state index contributed by atoms with van der Waals surface area (Å²) >= 11 is 0. The van der Waals surface area contributed by atoms with Crippen molar-refractivity contribution in [3.63, 3.8) is 0 Å². The van der Waals surface area contributed by atoms with Crippen molar-refractivity contribution >= 4 is 11.6 Å². The number of aromatic nitrogens is 1. The lowest BCUT2D eigenvalue weighted by molar-refractivity contribution is -0.121. The number of carbonyl (C=O) groups excluding carboxylic acids is 1. The molecule has 4 nitrogen and oxygen atoms in total. The first kappa shape index (κ1) is 15.8. The Labute approximate surface area is 125 Å². The van der Waals surface area contributed by atoms with E-state index in [0.717, 1.165) is 17.8 Å². The number of nitrogens with zero attached hydrogens (tertiary/aromatic N) is 1. The van der Waals surface area contributed by atoms with E-state index in [-0.39, 0.29) is 24.6 Å². The molecule has 0 saturated carbocycles. The summed E-state index contributed by atoms with van der Waals surface area (Å²) in [5.41, 5.74) is 0.534. The van der Waals surface area contributed by atoms with Gasteiger partial charge in [0, 0.05) is 19.2 Å². The van der Waals surface area contributed by atoms with Gasteiger partial charge in [0.2, 0.25) is 5.91 Å². The highest BCUT2D eigenvalue weighted by atomic mass is 19.2. The number of carbonyl (C=O) groups is 1. The molecule has 1 aromatic carbocycles. The summed E-state index contributed by atoms with van der Waals surface area (Å²) in [4.78, 5) is 15.7. The molecular weight excluding hydrogens is 295 g/mol. The minimum Gasteiger partial charge on any atom is -0.382 e. The standard InChI is InChI=1S/C15H14F3N3O/c16-11-4-5-12(15(18)14(11)17)20-8-6-13(22)21-9-10-3-1-2-7-19-10/h1-5,7,20H,6,8-9H2,(H,21,22). The van der Waals surface area contributed by atoms with Crippen LogP contribution >= 0.6 is 0 Å². The zero-order valence-corrected chi connectivity index (χ0v) is 11.6. The van der Waals surface area contributed by atoms with Crippen LogP contribution in [0.1, 0.15) is 12.1 Å². The maximum Gasteiger partial charge on any atom is 0.222 e. The van der Waals surface area contributed by atoms with Crippen LogP contribution in [0, 0.1) is 17.5 Å². The minimum absolute atomic E-state index is 0.0608. The molecule has 0 unspecified atom stereocenters. The second kappa shape index (κ2) is 7.44. The van der Waals surface area contributed by atoms with Crippen LogP contribution in [-0.4, -0.2) is 17.4 Å². The summed E-state index contributed by atoms with van der Waals surface area (Å²) < 4.78 is 39.1. The molecule has 0 aliphatic rings. The number of anilines is 1. The van der Waals surface area contributed by atoms with Gasteiger partial charge in [0.1, 0.15) is 0 Å². The van der Waals surface area contributed by atoms with Crippen molar-refractivity contribution in [2.24, 2.45) is 0 Å². The van der Waals surface area contributed by atoms with Gasteiger partial charge in [-0.2, -0.15) is 0 Å². The van der Waals surface area contributed by atoms with Gasteiger partial charge in [0.25, 0.3) is 0 Å². The zero-order chi connectivity index (χ0) is 15.9. The van der Waals surface area contributed by atoms with Gasteiger partial charge in [-0.15, -0.1) is 0 Å². The smallest absolute Gasteiger partial charge is 0.222 e. The van der Waals surface area contributed by atoms with Gasteiger partial charge < -0.3 is 10.6 Å². The van der Waals surface area contributed by atoms with Gasteiger partial charge >= 0.3 is 0 Å².